The van der Waals surface area contributed by atoms with E-state index in [0.717, 1.165) is 24.9 Å². The normalized spacial score (nSPS) is 22.3. The topological polar surface area (TPSA) is 92.7 Å². The highest BCUT2D eigenvalue weighted by Crippen LogP contribution is 2.23. The van der Waals surface area contributed by atoms with Crippen LogP contribution in [0.1, 0.15) is 44.6 Å². The lowest BCUT2D eigenvalue weighted by Crippen LogP contribution is -2.44. The molecule has 1 saturated carbocycles. The molecule has 1 unspecified atom stereocenters. The molecule has 1 saturated heterocycles. The van der Waals surface area contributed by atoms with Crippen LogP contribution in [0.4, 0.5) is 0 Å². The second-order valence-corrected chi connectivity index (χ2v) is 9.19. The number of sulfone groups is 1. The molecule has 27 heavy (non-hydrogen) atoms. The molecular weight excluding hydrogens is 479 g/mol. The number of nitrogens with zero attached hydrogens (tertiary/aromatic N) is 2. The highest BCUT2D eigenvalue weighted by Gasteiger charge is 2.28. The number of aromatic nitrogens is 1. The van der Waals surface area contributed by atoms with Crippen LogP contribution in [0.5, 0.6) is 5.88 Å². The summed E-state index contributed by atoms with van der Waals surface area (Å²) in [6.07, 6.45) is 7.31. The van der Waals surface area contributed by atoms with Crippen molar-refractivity contribution in [2.45, 2.75) is 57.7 Å². The molecule has 1 aromatic rings. The Bertz CT molecular complexity index is 736. The summed E-state index contributed by atoms with van der Waals surface area (Å²) in [5, 5.41) is 6.41. The highest BCUT2D eigenvalue weighted by atomic mass is 127. The Kier molecular flexibility index (Phi) is 8.59. The van der Waals surface area contributed by atoms with Gasteiger partial charge in [-0.3, -0.25) is 0 Å². The van der Waals surface area contributed by atoms with E-state index in [2.05, 4.69) is 20.6 Å². The molecule has 9 heteroatoms. The van der Waals surface area contributed by atoms with Crippen LogP contribution in [0.2, 0.25) is 0 Å². The average Bonchev–Trinajstić information content (AvgIpc) is 3.22. The number of guanidine groups is 1. The minimum atomic E-state index is -2.91. The van der Waals surface area contributed by atoms with E-state index in [0.29, 0.717) is 24.8 Å². The van der Waals surface area contributed by atoms with E-state index in [-0.39, 0.29) is 47.6 Å². The number of ether oxygens (including phenoxy) is 1. The van der Waals surface area contributed by atoms with Crippen LogP contribution in [0.3, 0.4) is 0 Å². The van der Waals surface area contributed by atoms with E-state index in [1.54, 1.807) is 6.20 Å². The van der Waals surface area contributed by atoms with Crippen molar-refractivity contribution in [3.8, 4) is 5.88 Å². The van der Waals surface area contributed by atoms with Gasteiger partial charge >= 0.3 is 0 Å². The van der Waals surface area contributed by atoms with Crippen molar-refractivity contribution in [3.63, 3.8) is 0 Å². The third-order valence-corrected chi connectivity index (χ3v) is 6.49. The lowest BCUT2D eigenvalue weighted by atomic mass is 10.2. The maximum atomic E-state index is 11.6. The Morgan fingerprint density at radius 3 is 2.78 bits per heavy atom. The first-order chi connectivity index (χ1) is 12.5. The first kappa shape index (κ1) is 22.2. The molecular formula is C18H29IN4O3S. The van der Waals surface area contributed by atoms with Gasteiger partial charge in [-0.05, 0) is 50.7 Å². The van der Waals surface area contributed by atoms with Crippen molar-refractivity contribution in [2.75, 3.05) is 18.1 Å². The SMILES string of the molecule is CCNC(=NCc1ccnc(OC2CCCC2)c1)NC1CCS(=O)(=O)C1.I. The zero-order chi connectivity index (χ0) is 18.4. The van der Waals surface area contributed by atoms with E-state index in [9.17, 15) is 8.42 Å². The Balaban J connectivity index is 0.00000261. The molecule has 152 valence electrons. The fourth-order valence-electron chi connectivity index (χ4n) is 3.38. The lowest BCUT2D eigenvalue weighted by Gasteiger charge is -2.16. The summed E-state index contributed by atoms with van der Waals surface area (Å²) in [4.78, 5) is 8.88. The predicted octanol–water partition coefficient (Wildman–Crippen LogP) is 2.26. The first-order valence-corrected chi connectivity index (χ1v) is 11.2. The predicted molar refractivity (Wildman–Crippen MR) is 118 cm³/mol. The van der Waals surface area contributed by atoms with Gasteiger partial charge in [-0.25, -0.2) is 18.4 Å². The van der Waals surface area contributed by atoms with Crippen LogP contribution in [0.15, 0.2) is 23.3 Å². The van der Waals surface area contributed by atoms with Crippen molar-refractivity contribution < 1.29 is 13.2 Å². The quantitative estimate of drug-likeness (QED) is 0.348. The van der Waals surface area contributed by atoms with Crippen LogP contribution in [0.25, 0.3) is 0 Å². The van der Waals surface area contributed by atoms with Gasteiger partial charge in [0.15, 0.2) is 15.8 Å². The zero-order valence-corrected chi connectivity index (χ0v) is 18.8. The van der Waals surface area contributed by atoms with Gasteiger partial charge in [0.05, 0.1) is 18.1 Å². The monoisotopic (exact) mass is 508 g/mol. The molecule has 0 radical (unpaired) electrons. The minimum Gasteiger partial charge on any atom is -0.474 e. The summed E-state index contributed by atoms with van der Waals surface area (Å²) in [5.41, 5.74) is 1.02. The molecule has 3 rings (SSSR count). The number of nitrogens with one attached hydrogen (secondary N) is 2. The number of aliphatic imine (C=N–C) groups is 1. The van der Waals surface area contributed by atoms with Gasteiger partial charge in [0, 0.05) is 24.8 Å². The summed E-state index contributed by atoms with van der Waals surface area (Å²) in [6, 6.07) is 3.79. The molecule has 1 aliphatic heterocycles. The number of pyridine rings is 1. The summed E-state index contributed by atoms with van der Waals surface area (Å²) in [6.45, 7) is 3.19. The van der Waals surface area contributed by atoms with E-state index < -0.39 is 9.84 Å². The van der Waals surface area contributed by atoms with Gasteiger partial charge in [0.1, 0.15) is 6.10 Å². The van der Waals surface area contributed by atoms with Crippen molar-refractivity contribution >= 4 is 39.8 Å². The van der Waals surface area contributed by atoms with E-state index in [4.69, 9.17) is 4.74 Å². The summed E-state index contributed by atoms with van der Waals surface area (Å²) < 4.78 is 29.2. The molecule has 2 heterocycles. The van der Waals surface area contributed by atoms with Crippen molar-refractivity contribution in [2.24, 2.45) is 4.99 Å². The molecule has 0 aromatic carbocycles. The number of hydrogen-bond donors (Lipinski definition) is 2. The van der Waals surface area contributed by atoms with Gasteiger partial charge in [-0.15, -0.1) is 24.0 Å². The lowest BCUT2D eigenvalue weighted by molar-refractivity contribution is 0.201. The van der Waals surface area contributed by atoms with Crippen LogP contribution < -0.4 is 15.4 Å². The molecule has 2 aliphatic rings. The van der Waals surface area contributed by atoms with Crippen LogP contribution in [0, 0.1) is 0 Å². The minimum absolute atomic E-state index is 0. The van der Waals surface area contributed by atoms with Gasteiger partial charge in [0.25, 0.3) is 0 Å². The van der Waals surface area contributed by atoms with Crippen LogP contribution in [-0.4, -0.2) is 49.6 Å². The van der Waals surface area contributed by atoms with Crippen molar-refractivity contribution in [1.29, 1.82) is 0 Å². The number of halogens is 1. The zero-order valence-electron chi connectivity index (χ0n) is 15.7. The molecule has 7 nitrogen and oxygen atoms in total. The molecule has 2 N–H and O–H groups in total. The second-order valence-electron chi connectivity index (χ2n) is 6.97. The van der Waals surface area contributed by atoms with Gasteiger partial charge in [0.2, 0.25) is 5.88 Å². The Hall–Kier alpha value is -1.10. The van der Waals surface area contributed by atoms with E-state index in [1.165, 1.54) is 12.8 Å². The van der Waals surface area contributed by atoms with E-state index in [1.807, 2.05) is 19.1 Å². The fraction of sp³-hybridized carbons (Fsp3) is 0.667. The Morgan fingerprint density at radius 2 is 2.11 bits per heavy atom. The molecule has 1 atom stereocenters. The number of hydrogen-bond acceptors (Lipinski definition) is 5. The average molecular weight is 508 g/mol. The standard InChI is InChI=1S/C18H28N4O3S.HI/c1-2-19-18(22-15-8-10-26(23,24)13-15)21-12-14-7-9-20-17(11-14)25-16-5-3-4-6-16;/h7,9,11,15-16H,2-6,8,10,12-13H2,1H3,(H2,19,21,22);1H. The largest absolute Gasteiger partial charge is 0.474 e. The molecule has 2 fully saturated rings. The molecule has 0 bridgehead atoms. The maximum Gasteiger partial charge on any atom is 0.213 e. The van der Waals surface area contributed by atoms with Gasteiger partial charge in [-0.1, -0.05) is 0 Å². The molecule has 1 aliphatic carbocycles. The van der Waals surface area contributed by atoms with Crippen molar-refractivity contribution in [3.05, 3.63) is 23.9 Å². The molecule has 0 spiro atoms. The van der Waals surface area contributed by atoms with Gasteiger partial charge < -0.3 is 15.4 Å². The highest BCUT2D eigenvalue weighted by molar-refractivity contribution is 14.0. The molecule has 0 amide bonds. The smallest absolute Gasteiger partial charge is 0.213 e. The van der Waals surface area contributed by atoms with Crippen LogP contribution >= 0.6 is 24.0 Å². The van der Waals surface area contributed by atoms with E-state index >= 15 is 0 Å². The van der Waals surface area contributed by atoms with Crippen molar-refractivity contribution in [1.82, 2.24) is 15.6 Å². The Morgan fingerprint density at radius 1 is 1.33 bits per heavy atom. The summed E-state index contributed by atoms with van der Waals surface area (Å²) in [7, 11) is -2.91. The number of rotatable bonds is 6. The Labute approximate surface area is 178 Å². The molecule has 1 aromatic heterocycles. The summed E-state index contributed by atoms with van der Waals surface area (Å²) >= 11 is 0. The fourth-order valence-corrected chi connectivity index (χ4v) is 5.06. The first-order valence-electron chi connectivity index (χ1n) is 9.41. The third-order valence-electron chi connectivity index (χ3n) is 4.73. The summed E-state index contributed by atoms with van der Waals surface area (Å²) in [5.74, 6) is 1.72. The van der Waals surface area contributed by atoms with Gasteiger partial charge in [-0.2, -0.15) is 0 Å². The maximum absolute atomic E-state index is 11.6. The second kappa shape index (κ2) is 10.4. The third kappa shape index (κ3) is 7.10. The van der Waals surface area contributed by atoms with Crippen LogP contribution in [-0.2, 0) is 16.4 Å².